The van der Waals surface area contributed by atoms with E-state index >= 15 is 0 Å². The van der Waals surface area contributed by atoms with Gasteiger partial charge in [0.15, 0.2) is 0 Å². The van der Waals surface area contributed by atoms with Crippen LogP contribution in [0.15, 0.2) is 24.3 Å². The Bertz CT molecular complexity index is 370. The summed E-state index contributed by atoms with van der Waals surface area (Å²) in [4.78, 5) is 11.2. The topological polar surface area (TPSA) is 52.6 Å². The van der Waals surface area contributed by atoms with E-state index in [1.807, 2.05) is 13.8 Å². The number of aromatic hydroxyl groups is 1. The highest BCUT2D eigenvalue weighted by atomic mass is 16.3. The average molecular weight is 192 g/mol. The molecule has 0 unspecified atom stereocenters. The molecular weight excluding hydrogens is 180 g/mol. The Kier molecular flexibility index (Phi) is 1.67. The summed E-state index contributed by atoms with van der Waals surface area (Å²) in [5.74, 6) is 0.226. The van der Waals surface area contributed by atoms with Gasteiger partial charge in [-0.1, -0.05) is 0 Å². The predicted molar refractivity (Wildman–Crippen MR) is 52.8 cm³/mol. The molecule has 2 N–H and O–H groups in total. The third-order valence-electron chi connectivity index (χ3n) is 2.44. The zero-order chi connectivity index (χ0) is 10.3. The molecule has 1 heterocycles. The largest absolute Gasteiger partial charge is 0.508 e. The van der Waals surface area contributed by atoms with Crippen LogP contribution in [0.2, 0.25) is 0 Å². The first-order valence-corrected chi connectivity index (χ1v) is 4.42. The molecule has 1 aromatic carbocycles. The van der Waals surface area contributed by atoms with E-state index in [1.54, 1.807) is 29.3 Å². The molecule has 1 aliphatic heterocycles. The zero-order valence-corrected chi connectivity index (χ0v) is 8.11. The molecular formula is C10H12N2O2. The van der Waals surface area contributed by atoms with E-state index in [1.165, 1.54) is 0 Å². The molecule has 0 bridgehead atoms. The minimum Gasteiger partial charge on any atom is -0.508 e. The second-order valence-corrected chi connectivity index (χ2v) is 3.85. The lowest BCUT2D eigenvalue weighted by Gasteiger charge is -2.48. The summed E-state index contributed by atoms with van der Waals surface area (Å²) in [5, 5.41) is 10.9. The summed E-state index contributed by atoms with van der Waals surface area (Å²) in [6.45, 7) is 3.69. The fraction of sp³-hybridized carbons (Fsp3) is 0.300. The first-order valence-electron chi connectivity index (χ1n) is 4.42. The Hall–Kier alpha value is -1.71. The second kappa shape index (κ2) is 2.64. The van der Waals surface area contributed by atoms with Crippen LogP contribution in [0.5, 0.6) is 5.75 Å². The van der Waals surface area contributed by atoms with Crippen molar-refractivity contribution in [3.05, 3.63) is 24.3 Å². The van der Waals surface area contributed by atoms with Gasteiger partial charge in [-0.3, -0.25) is 15.2 Å². The maximum Gasteiger partial charge on any atom is 0.265 e. The number of amides is 1. The van der Waals surface area contributed by atoms with Crippen LogP contribution in [-0.2, 0) is 4.79 Å². The molecule has 14 heavy (non-hydrogen) atoms. The Morgan fingerprint density at radius 1 is 1.29 bits per heavy atom. The second-order valence-electron chi connectivity index (χ2n) is 3.85. The van der Waals surface area contributed by atoms with Crippen LogP contribution in [0, 0.1) is 0 Å². The highest BCUT2D eigenvalue weighted by Crippen LogP contribution is 2.29. The maximum atomic E-state index is 11.2. The summed E-state index contributed by atoms with van der Waals surface area (Å²) < 4.78 is 0. The van der Waals surface area contributed by atoms with Crippen molar-refractivity contribution in [3.63, 3.8) is 0 Å². The highest BCUT2D eigenvalue weighted by Gasteiger charge is 2.45. The standard InChI is InChI=1S/C10H12N2O2/c1-10(2)9(14)11-12(10)7-3-5-8(13)6-4-7/h3-6,13H,1-2H3,(H,11,14). The predicted octanol–water partition coefficient (Wildman–Crippen LogP) is 1.02. The van der Waals surface area contributed by atoms with Gasteiger partial charge in [0.1, 0.15) is 11.3 Å². The van der Waals surface area contributed by atoms with Gasteiger partial charge in [0.05, 0.1) is 5.69 Å². The molecule has 4 heteroatoms. The van der Waals surface area contributed by atoms with Crippen LogP contribution in [0.1, 0.15) is 13.8 Å². The Morgan fingerprint density at radius 2 is 1.86 bits per heavy atom. The van der Waals surface area contributed by atoms with Gasteiger partial charge in [-0.2, -0.15) is 0 Å². The average Bonchev–Trinajstić information content (AvgIpc) is 2.16. The lowest BCUT2D eigenvalue weighted by Crippen LogP contribution is -2.73. The van der Waals surface area contributed by atoms with Crippen molar-refractivity contribution in [1.29, 1.82) is 0 Å². The number of hydrogen-bond acceptors (Lipinski definition) is 3. The molecule has 4 nitrogen and oxygen atoms in total. The SMILES string of the molecule is CC1(C)C(=O)NN1c1ccc(O)cc1. The molecule has 1 saturated heterocycles. The lowest BCUT2D eigenvalue weighted by atomic mass is 9.98. The fourth-order valence-electron chi connectivity index (χ4n) is 1.42. The Balaban J connectivity index is 2.26. The van der Waals surface area contributed by atoms with Gasteiger partial charge in [0.25, 0.3) is 5.91 Å². The van der Waals surface area contributed by atoms with Crippen molar-refractivity contribution < 1.29 is 9.90 Å². The third kappa shape index (κ3) is 1.11. The molecule has 1 aromatic rings. The van der Waals surface area contributed by atoms with E-state index in [9.17, 15) is 4.79 Å². The van der Waals surface area contributed by atoms with Crippen molar-refractivity contribution in [2.24, 2.45) is 0 Å². The number of hydrogen-bond donors (Lipinski definition) is 2. The molecule has 0 spiro atoms. The summed E-state index contributed by atoms with van der Waals surface area (Å²) in [6.07, 6.45) is 0. The van der Waals surface area contributed by atoms with Crippen LogP contribution in [0.25, 0.3) is 0 Å². The quantitative estimate of drug-likeness (QED) is 0.698. The molecule has 1 fully saturated rings. The Labute approximate surface area is 82.1 Å². The summed E-state index contributed by atoms with van der Waals surface area (Å²) in [5.41, 5.74) is 3.05. The van der Waals surface area contributed by atoms with Crippen LogP contribution in [0.4, 0.5) is 5.69 Å². The molecule has 0 radical (unpaired) electrons. The fourth-order valence-corrected chi connectivity index (χ4v) is 1.42. The number of nitrogens with one attached hydrogen (secondary N) is 1. The van der Waals surface area contributed by atoms with Crippen LogP contribution >= 0.6 is 0 Å². The maximum absolute atomic E-state index is 11.2. The number of carbonyl (C=O) groups is 1. The van der Waals surface area contributed by atoms with Crippen molar-refractivity contribution in [2.45, 2.75) is 19.4 Å². The minimum absolute atomic E-state index is 0.00516. The molecule has 0 saturated carbocycles. The van der Waals surface area contributed by atoms with E-state index in [4.69, 9.17) is 5.11 Å². The third-order valence-corrected chi connectivity index (χ3v) is 2.44. The zero-order valence-electron chi connectivity index (χ0n) is 8.11. The number of benzene rings is 1. The molecule has 0 atom stereocenters. The van der Waals surface area contributed by atoms with E-state index in [-0.39, 0.29) is 11.7 Å². The van der Waals surface area contributed by atoms with Gasteiger partial charge in [-0.15, -0.1) is 0 Å². The van der Waals surface area contributed by atoms with Crippen LogP contribution in [-0.4, -0.2) is 16.6 Å². The van der Waals surface area contributed by atoms with Gasteiger partial charge in [-0.25, -0.2) is 0 Å². The molecule has 2 rings (SSSR count). The number of rotatable bonds is 1. The number of phenols is 1. The summed E-state index contributed by atoms with van der Waals surface area (Å²) in [7, 11) is 0. The van der Waals surface area contributed by atoms with Crippen molar-refractivity contribution in [1.82, 2.24) is 5.43 Å². The number of carbonyl (C=O) groups excluding carboxylic acids is 1. The van der Waals surface area contributed by atoms with E-state index < -0.39 is 5.54 Å². The summed E-state index contributed by atoms with van der Waals surface area (Å²) in [6, 6.07) is 6.71. The number of phenolic OH excluding ortho intramolecular Hbond substituents is 1. The van der Waals surface area contributed by atoms with Crippen LogP contribution in [0.3, 0.4) is 0 Å². The first-order chi connectivity index (χ1) is 6.51. The van der Waals surface area contributed by atoms with Crippen molar-refractivity contribution in [3.8, 4) is 5.75 Å². The number of hydrazine groups is 1. The van der Waals surface area contributed by atoms with Gasteiger partial charge in [0.2, 0.25) is 0 Å². The molecule has 0 aliphatic carbocycles. The first kappa shape index (κ1) is 8.87. The minimum atomic E-state index is -0.503. The van der Waals surface area contributed by atoms with E-state index in [2.05, 4.69) is 5.43 Å². The van der Waals surface area contributed by atoms with Gasteiger partial charge < -0.3 is 5.11 Å². The van der Waals surface area contributed by atoms with Crippen molar-refractivity contribution >= 4 is 11.6 Å². The molecule has 74 valence electrons. The van der Waals surface area contributed by atoms with E-state index in [0.717, 1.165) is 5.69 Å². The molecule has 1 amide bonds. The number of anilines is 1. The van der Waals surface area contributed by atoms with Gasteiger partial charge >= 0.3 is 0 Å². The van der Waals surface area contributed by atoms with Gasteiger partial charge in [0, 0.05) is 0 Å². The smallest absolute Gasteiger partial charge is 0.265 e. The van der Waals surface area contributed by atoms with E-state index in [0.29, 0.717) is 0 Å². The lowest BCUT2D eigenvalue weighted by molar-refractivity contribution is -0.133. The number of nitrogens with zero attached hydrogens (tertiary/aromatic N) is 1. The van der Waals surface area contributed by atoms with Crippen LogP contribution < -0.4 is 10.4 Å². The van der Waals surface area contributed by atoms with Crippen molar-refractivity contribution in [2.75, 3.05) is 5.01 Å². The Morgan fingerprint density at radius 3 is 2.29 bits per heavy atom. The monoisotopic (exact) mass is 192 g/mol. The van der Waals surface area contributed by atoms with Gasteiger partial charge in [-0.05, 0) is 38.1 Å². The molecule has 0 aromatic heterocycles. The molecule has 1 aliphatic rings. The normalized spacial score (nSPS) is 18.7. The summed E-state index contributed by atoms with van der Waals surface area (Å²) >= 11 is 0. The highest BCUT2D eigenvalue weighted by molar-refractivity contribution is 5.97.